The van der Waals surface area contributed by atoms with Crippen molar-refractivity contribution in [2.24, 2.45) is 0 Å². The minimum atomic E-state index is -4.03. The van der Waals surface area contributed by atoms with Gasteiger partial charge in [-0.25, -0.2) is 0 Å². The summed E-state index contributed by atoms with van der Waals surface area (Å²) in [6, 6.07) is 3.57. The van der Waals surface area contributed by atoms with Crippen LogP contribution in [-0.2, 0) is 15.9 Å². The van der Waals surface area contributed by atoms with Crippen molar-refractivity contribution in [2.45, 2.75) is 96.1 Å². The smallest absolute Gasteiger partial charge is 0.272 e. The molecule has 0 radical (unpaired) electrons. The van der Waals surface area contributed by atoms with Gasteiger partial charge in [0.1, 0.15) is 17.3 Å². The van der Waals surface area contributed by atoms with Crippen LogP contribution in [0.25, 0.3) is 0 Å². The zero-order chi connectivity index (χ0) is 17.8. The summed E-state index contributed by atoms with van der Waals surface area (Å²) < 4.78 is 36.7. The number of hydrogen-bond donors (Lipinski definition) is 1. The quantitative estimate of drug-likeness (QED) is 0.323. The van der Waals surface area contributed by atoms with Gasteiger partial charge in [0.05, 0.1) is 0 Å². The van der Waals surface area contributed by atoms with Crippen LogP contribution < -0.4 is 0 Å². The third-order valence-electron chi connectivity index (χ3n) is 4.47. The Balaban J connectivity index is 2.58. The van der Waals surface area contributed by atoms with Crippen LogP contribution in [0, 0.1) is 0 Å². The van der Waals surface area contributed by atoms with Gasteiger partial charge in [0, 0.05) is 5.92 Å². The first kappa shape index (κ1) is 21.2. The van der Waals surface area contributed by atoms with E-state index in [1.54, 1.807) is 6.07 Å². The van der Waals surface area contributed by atoms with Crippen molar-refractivity contribution in [1.29, 1.82) is 0 Å². The topological polar surface area (TPSA) is 67.5 Å². The van der Waals surface area contributed by atoms with E-state index >= 15 is 0 Å². The van der Waals surface area contributed by atoms with E-state index in [9.17, 15) is 8.42 Å². The number of unbranched alkanes of at least 4 members (excludes halogenated alkanes) is 7. The fourth-order valence-electron chi connectivity index (χ4n) is 3.11. The van der Waals surface area contributed by atoms with Gasteiger partial charge >= 0.3 is 0 Å². The SMILES string of the molecule is CCCCCCCC(CCCCCC)c1ccc(CS(=O)(=O)O)o1. The van der Waals surface area contributed by atoms with E-state index in [0.717, 1.165) is 18.6 Å². The molecule has 0 aliphatic carbocycles. The molecule has 24 heavy (non-hydrogen) atoms. The summed E-state index contributed by atoms with van der Waals surface area (Å²) >= 11 is 0. The first-order valence-corrected chi connectivity index (χ1v) is 11.1. The second kappa shape index (κ2) is 11.7. The highest BCUT2D eigenvalue weighted by Gasteiger charge is 2.17. The molecule has 5 heteroatoms. The Hall–Kier alpha value is -0.810. The van der Waals surface area contributed by atoms with Crippen molar-refractivity contribution >= 4 is 10.1 Å². The zero-order valence-corrected chi connectivity index (χ0v) is 16.1. The van der Waals surface area contributed by atoms with Crippen LogP contribution in [0.3, 0.4) is 0 Å². The molecule has 0 spiro atoms. The summed E-state index contributed by atoms with van der Waals surface area (Å²) in [6.45, 7) is 4.43. The van der Waals surface area contributed by atoms with Gasteiger partial charge in [-0.2, -0.15) is 8.42 Å². The maximum atomic E-state index is 11.0. The Labute approximate surface area is 147 Å². The summed E-state index contributed by atoms with van der Waals surface area (Å²) in [7, 11) is -4.03. The van der Waals surface area contributed by atoms with Crippen LogP contribution in [0.1, 0.15) is 102 Å². The first-order valence-electron chi connectivity index (χ1n) is 9.50. The van der Waals surface area contributed by atoms with Gasteiger partial charge in [-0.3, -0.25) is 4.55 Å². The lowest BCUT2D eigenvalue weighted by molar-refractivity contribution is 0.390. The third-order valence-corrected chi connectivity index (χ3v) is 5.12. The van der Waals surface area contributed by atoms with E-state index < -0.39 is 15.9 Å². The monoisotopic (exact) mass is 358 g/mol. The number of hydrogen-bond acceptors (Lipinski definition) is 3. The van der Waals surface area contributed by atoms with Gasteiger partial charge in [0.25, 0.3) is 10.1 Å². The van der Waals surface area contributed by atoms with Gasteiger partial charge in [-0.1, -0.05) is 71.6 Å². The summed E-state index contributed by atoms with van der Waals surface area (Å²) in [6.07, 6.45) is 13.3. The van der Waals surface area contributed by atoms with Crippen LogP contribution in [0.2, 0.25) is 0 Å². The van der Waals surface area contributed by atoms with Crippen molar-refractivity contribution in [3.8, 4) is 0 Å². The molecule has 1 rings (SSSR count). The molecule has 1 unspecified atom stereocenters. The molecule has 1 heterocycles. The summed E-state index contributed by atoms with van der Waals surface area (Å²) in [5.41, 5.74) is 0. The highest BCUT2D eigenvalue weighted by atomic mass is 32.2. The largest absolute Gasteiger partial charge is 0.465 e. The van der Waals surface area contributed by atoms with E-state index in [-0.39, 0.29) is 0 Å². The van der Waals surface area contributed by atoms with E-state index in [4.69, 9.17) is 8.97 Å². The van der Waals surface area contributed by atoms with Crippen LogP contribution in [0.4, 0.5) is 0 Å². The molecule has 1 aromatic rings. The summed E-state index contributed by atoms with van der Waals surface area (Å²) in [4.78, 5) is 0. The highest BCUT2D eigenvalue weighted by molar-refractivity contribution is 7.84. The molecule has 0 aromatic carbocycles. The van der Waals surface area contributed by atoms with E-state index in [2.05, 4.69) is 13.8 Å². The van der Waals surface area contributed by atoms with Crippen molar-refractivity contribution in [2.75, 3.05) is 0 Å². The molecule has 140 valence electrons. The molecule has 1 N–H and O–H groups in total. The van der Waals surface area contributed by atoms with Crippen LogP contribution in [0.15, 0.2) is 16.5 Å². The first-order chi connectivity index (χ1) is 11.5. The normalized spacial score (nSPS) is 13.3. The molecule has 0 fully saturated rings. The highest BCUT2D eigenvalue weighted by Crippen LogP contribution is 2.30. The maximum Gasteiger partial charge on any atom is 0.272 e. The molecule has 0 saturated carbocycles. The number of rotatable bonds is 14. The molecule has 0 aliphatic rings. The van der Waals surface area contributed by atoms with Crippen molar-refractivity contribution in [1.82, 2.24) is 0 Å². The maximum absolute atomic E-state index is 11.0. The van der Waals surface area contributed by atoms with E-state index in [1.807, 2.05) is 6.07 Å². The molecule has 0 aliphatic heterocycles. The second-order valence-corrected chi connectivity index (χ2v) is 8.23. The van der Waals surface area contributed by atoms with Crippen molar-refractivity contribution in [3.05, 3.63) is 23.7 Å². The Morgan fingerprint density at radius 2 is 1.46 bits per heavy atom. The molecule has 1 aromatic heterocycles. The van der Waals surface area contributed by atoms with Gasteiger partial charge in [0.15, 0.2) is 0 Å². The van der Waals surface area contributed by atoms with Crippen LogP contribution >= 0.6 is 0 Å². The minimum Gasteiger partial charge on any atom is -0.465 e. The standard InChI is InChI=1S/C19H34O4S/c1-3-5-7-9-11-13-17(12-10-8-6-4-2)19-15-14-18(23-19)16-24(20,21)22/h14-15,17H,3-13,16H2,1-2H3,(H,20,21,22). The Bertz CT molecular complexity index is 533. The summed E-state index contributed by atoms with van der Waals surface area (Å²) in [5.74, 6) is 1.13. The fourth-order valence-corrected chi connectivity index (χ4v) is 3.63. The van der Waals surface area contributed by atoms with E-state index in [0.29, 0.717) is 11.7 Å². The van der Waals surface area contributed by atoms with Gasteiger partial charge < -0.3 is 4.42 Å². The van der Waals surface area contributed by atoms with E-state index in [1.165, 1.54) is 57.8 Å². The lowest BCUT2D eigenvalue weighted by atomic mass is 9.92. The Morgan fingerprint density at radius 1 is 0.917 bits per heavy atom. The predicted molar refractivity (Wildman–Crippen MR) is 98.8 cm³/mol. The Kier molecular flexibility index (Phi) is 10.3. The van der Waals surface area contributed by atoms with Crippen molar-refractivity contribution < 1.29 is 17.4 Å². The molecular weight excluding hydrogens is 324 g/mol. The second-order valence-electron chi connectivity index (χ2n) is 6.78. The average molecular weight is 359 g/mol. The number of furan rings is 1. The minimum absolute atomic E-state index is 0.331. The average Bonchev–Trinajstić information content (AvgIpc) is 2.95. The molecular formula is C19H34O4S. The zero-order valence-electron chi connectivity index (χ0n) is 15.3. The summed E-state index contributed by atoms with van der Waals surface area (Å²) in [5, 5.41) is 0. The van der Waals surface area contributed by atoms with Gasteiger partial charge in [-0.15, -0.1) is 0 Å². The fraction of sp³-hybridized carbons (Fsp3) is 0.789. The lowest BCUT2D eigenvalue weighted by Crippen LogP contribution is -2.01. The lowest BCUT2D eigenvalue weighted by Gasteiger charge is -2.14. The van der Waals surface area contributed by atoms with Gasteiger partial charge in [-0.05, 0) is 25.0 Å². The molecule has 0 bridgehead atoms. The predicted octanol–water partition coefficient (Wildman–Crippen LogP) is 6.08. The molecule has 0 saturated heterocycles. The Morgan fingerprint density at radius 3 is 2.00 bits per heavy atom. The van der Waals surface area contributed by atoms with Crippen LogP contribution in [-0.4, -0.2) is 13.0 Å². The molecule has 1 atom stereocenters. The van der Waals surface area contributed by atoms with Crippen molar-refractivity contribution in [3.63, 3.8) is 0 Å². The third kappa shape index (κ3) is 9.48. The molecule has 4 nitrogen and oxygen atoms in total. The van der Waals surface area contributed by atoms with Gasteiger partial charge in [0.2, 0.25) is 0 Å². The molecule has 0 amide bonds. The van der Waals surface area contributed by atoms with Crippen LogP contribution in [0.5, 0.6) is 0 Å².